The first-order valence-corrected chi connectivity index (χ1v) is 6.16. The molecule has 0 aromatic carbocycles. The lowest BCUT2D eigenvalue weighted by atomic mass is 9.70. The second-order valence-corrected chi connectivity index (χ2v) is 4.94. The van der Waals surface area contributed by atoms with Crippen molar-refractivity contribution in [1.82, 2.24) is 0 Å². The number of ether oxygens (including phenoxy) is 1. The van der Waals surface area contributed by atoms with Crippen LogP contribution in [0.25, 0.3) is 0 Å². The number of Topliss-reactive ketones (excluding diaryl/α,β-unsaturated/α-hetero) is 2. The van der Waals surface area contributed by atoms with E-state index < -0.39 is 23.0 Å². The fourth-order valence-electron chi connectivity index (χ4n) is 2.61. The van der Waals surface area contributed by atoms with Crippen molar-refractivity contribution in [1.29, 1.82) is 0 Å². The SMILES string of the molecule is CCCC(O)=C1C(=O)CC2(CCOC2=O)CC1=O. The van der Waals surface area contributed by atoms with Gasteiger partial charge in [0.1, 0.15) is 5.76 Å². The zero-order valence-electron chi connectivity index (χ0n) is 10.3. The van der Waals surface area contributed by atoms with E-state index >= 15 is 0 Å². The molecule has 1 spiro atoms. The number of cyclic esters (lactones) is 1. The number of rotatable bonds is 2. The van der Waals surface area contributed by atoms with Crippen molar-refractivity contribution < 1.29 is 24.2 Å². The van der Waals surface area contributed by atoms with Crippen LogP contribution in [0.15, 0.2) is 11.3 Å². The van der Waals surface area contributed by atoms with Gasteiger partial charge in [0.05, 0.1) is 17.6 Å². The van der Waals surface area contributed by atoms with E-state index in [0.29, 0.717) is 19.3 Å². The first-order chi connectivity index (χ1) is 8.50. The maximum atomic E-state index is 12.0. The van der Waals surface area contributed by atoms with Gasteiger partial charge in [0.25, 0.3) is 0 Å². The Kier molecular flexibility index (Phi) is 3.24. The lowest BCUT2D eigenvalue weighted by molar-refractivity contribution is -0.151. The van der Waals surface area contributed by atoms with Gasteiger partial charge in [-0.1, -0.05) is 6.92 Å². The van der Waals surface area contributed by atoms with Gasteiger partial charge in [-0.2, -0.15) is 0 Å². The third-order valence-corrected chi connectivity index (χ3v) is 3.58. The van der Waals surface area contributed by atoms with Crippen LogP contribution in [0.1, 0.15) is 39.0 Å². The van der Waals surface area contributed by atoms with Crippen LogP contribution in [-0.4, -0.2) is 29.2 Å². The number of ketones is 2. The molecule has 1 aliphatic carbocycles. The molecule has 0 aromatic heterocycles. The van der Waals surface area contributed by atoms with Gasteiger partial charge in [0.2, 0.25) is 0 Å². The highest BCUT2D eigenvalue weighted by atomic mass is 16.5. The molecular weight excluding hydrogens is 236 g/mol. The van der Waals surface area contributed by atoms with E-state index in [2.05, 4.69) is 0 Å². The second-order valence-electron chi connectivity index (χ2n) is 4.94. The summed E-state index contributed by atoms with van der Waals surface area (Å²) in [6, 6.07) is 0. The quantitative estimate of drug-likeness (QED) is 0.348. The number of esters is 1. The minimum Gasteiger partial charge on any atom is -0.511 e. The largest absolute Gasteiger partial charge is 0.511 e. The van der Waals surface area contributed by atoms with E-state index in [9.17, 15) is 19.5 Å². The van der Waals surface area contributed by atoms with Crippen molar-refractivity contribution in [2.75, 3.05) is 6.61 Å². The van der Waals surface area contributed by atoms with Gasteiger partial charge in [-0.15, -0.1) is 0 Å². The molecule has 0 atom stereocenters. The van der Waals surface area contributed by atoms with Gasteiger partial charge in [0.15, 0.2) is 11.6 Å². The van der Waals surface area contributed by atoms with Crippen molar-refractivity contribution >= 4 is 17.5 Å². The van der Waals surface area contributed by atoms with E-state index in [0.717, 1.165) is 0 Å². The molecule has 0 amide bonds. The first-order valence-electron chi connectivity index (χ1n) is 6.16. The van der Waals surface area contributed by atoms with Gasteiger partial charge in [-0.05, 0) is 12.8 Å². The highest BCUT2D eigenvalue weighted by Gasteiger charge is 2.52. The van der Waals surface area contributed by atoms with Gasteiger partial charge in [0, 0.05) is 19.3 Å². The minimum absolute atomic E-state index is 0.0271. The molecule has 1 saturated heterocycles. The molecule has 0 aromatic rings. The average molecular weight is 252 g/mol. The van der Waals surface area contributed by atoms with E-state index in [1.807, 2.05) is 6.92 Å². The highest BCUT2D eigenvalue weighted by Crippen LogP contribution is 2.43. The summed E-state index contributed by atoms with van der Waals surface area (Å²) in [5.41, 5.74) is -1.08. The van der Waals surface area contributed by atoms with Crippen molar-refractivity contribution in [2.24, 2.45) is 5.41 Å². The number of carbonyl (C=O) groups is 3. The molecule has 0 bridgehead atoms. The van der Waals surface area contributed by atoms with Crippen LogP contribution in [0.4, 0.5) is 0 Å². The van der Waals surface area contributed by atoms with Crippen LogP contribution in [0.3, 0.4) is 0 Å². The Morgan fingerprint density at radius 2 is 1.89 bits per heavy atom. The summed E-state index contributed by atoms with van der Waals surface area (Å²) in [5, 5.41) is 9.73. The normalized spacial score (nSPS) is 27.8. The average Bonchev–Trinajstić information content (AvgIpc) is 2.59. The number of hydrogen-bond donors (Lipinski definition) is 1. The number of aliphatic hydroxyl groups is 1. The maximum absolute atomic E-state index is 12.0. The van der Waals surface area contributed by atoms with Crippen LogP contribution in [0, 0.1) is 5.41 Å². The first kappa shape index (κ1) is 12.8. The molecule has 0 unspecified atom stereocenters. The molecule has 2 fully saturated rings. The highest BCUT2D eigenvalue weighted by molar-refractivity contribution is 6.24. The Balaban J connectivity index is 2.29. The fraction of sp³-hybridized carbons (Fsp3) is 0.615. The van der Waals surface area contributed by atoms with Gasteiger partial charge in [-0.25, -0.2) is 0 Å². The Morgan fingerprint density at radius 3 is 2.33 bits per heavy atom. The van der Waals surface area contributed by atoms with E-state index in [-0.39, 0.29) is 30.8 Å². The molecule has 1 saturated carbocycles. The summed E-state index contributed by atoms with van der Waals surface area (Å²) >= 11 is 0. The topological polar surface area (TPSA) is 80.7 Å². The van der Waals surface area contributed by atoms with Crippen molar-refractivity contribution in [2.45, 2.75) is 39.0 Å². The number of aliphatic hydroxyl groups excluding tert-OH is 1. The van der Waals surface area contributed by atoms with Crippen LogP contribution in [0.2, 0.25) is 0 Å². The lowest BCUT2D eigenvalue weighted by Crippen LogP contribution is -2.39. The molecule has 98 valence electrons. The zero-order chi connectivity index (χ0) is 13.3. The summed E-state index contributed by atoms with van der Waals surface area (Å²) in [6.07, 6.45) is 1.32. The fourth-order valence-corrected chi connectivity index (χ4v) is 2.61. The van der Waals surface area contributed by atoms with E-state index in [4.69, 9.17) is 4.74 Å². The molecule has 5 nitrogen and oxygen atoms in total. The molecule has 1 aliphatic heterocycles. The Hall–Kier alpha value is -1.65. The van der Waals surface area contributed by atoms with Crippen molar-refractivity contribution in [3.8, 4) is 0 Å². The molecule has 2 rings (SSSR count). The zero-order valence-corrected chi connectivity index (χ0v) is 10.3. The standard InChI is InChI=1S/C13H16O5/c1-2-3-8(14)11-9(15)6-13(7-10(11)16)4-5-18-12(13)17/h14H,2-7H2,1H3. The van der Waals surface area contributed by atoms with Crippen LogP contribution in [0.5, 0.6) is 0 Å². The third-order valence-electron chi connectivity index (χ3n) is 3.58. The molecule has 2 aliphatic rings. The summed E-state index contributed by atoms with van der Waals surface area (Å²) < 4.78 is 4.86. The molecule has 1 N–H and O–H groups in total. The van der Waals surface area contributed by atoms with Gasteiger partial charge < -0.3 is 9.84 Å². The Morgan fingerprint density at radius 1 is 1.28 bits per heavy atom. The summed E-state index contributed by atoms with van der Waals surface area (Å²) in [4.78, 5) is 35.6. The van der Waals surface area contributed by atoms with Crippen molar-refractivity contribution in [3.05, 3.63) is 11.3 Å². The van der Waals surface area contributed by atoms with Crippen LogP contribution < -0.4 is 0 Å². The Labute approximate surface area is 105 Å². The predicted octanol–water partition coefficient (Wildman–Crippen LogP) is 1.46. The van der Waals surface area contributed by atoms with Gasteiger partial charge >= 0.3 is 5.97 Å². The van der Waals surface area contributed by atoms with E-state index in [1.54, 1.807) is 0 Å². The summed E-state index contributed by atoms with van der Waals surface area (Å²) in [5.74, 6) is -1.47. The predicted molar refractivity (Wildman–Crippen MR) is 61.8 cm³/mol. The molecule has 18 heavy (non-hydrogen) atoms. The lowest BCUT2D eigenvalue weighted by Gasteiger charge is -2.28. The number of hydrogen-bond acceptors (Lipinski definition) is 5. The summed E-state index contributed by atoms with van der Waals surface area (Å²) in [6.45, 7) is 2.11. The van der Waals surface area contributed by atoms with Crippen LogP contribution in [-0.2, 0) is 19.1 Å². The minimum atomic E-state index is -0.968. The molecule has 5 heteroatoms. The van der Waals surface area contributed by atoms with Gasteiger partial charge in [-0.3, -0.25) is 14.4 Å². The molecule has 0 radical (unpaired) electrons. The maximum Gasteiger partial charge on any atom is 0.313 e. The third kappa shape index (κ3) is 1.94. The van der Waals surface area contributed by atoms with E-state index in [1.165, 1.54) is 0 Å². The second kappa shape index (κ2) is 4.55. The smallest absolute Gasteiger partial charge is 0.313 e. The monoisotopic (exact) mass is 252 g/mol. The van der Waals surface area contributed by atoms with Crippen LogP contribution >= 0.6 is 0 Å². The summed E-state index contributed by atoms with van der Waals surface area (Å²) in [7, 11) is 0. The molecule has 1 heterocycles. The van der Waals surface area contributed by atoms with Crippen molar-refractivity contribution in [3.63, 3.8) is 0 Å². The number of carbonyl (C=O) groups excluding carboxylic acids is 3. The Bertz CT molecular complexity index is 426. The molecular formula is C13H16O5. The number of allylic oxidation sites excluding steroid dienone is 2.